The van der Waals surface area contributed by atoms with Crippen molar-refractivity contribution in [2.24, 2.45) is 11.3 Å². The number of hydrogen-bond acceptors (Lipinski definition) is 1. The zero-order valence-corrected chi connectivity index (χ0v) is 16.8. The average Bonchev–Trinajstić information content (AvgIpc) is 3.32. The van der Waals surface area contributed by atoms with Crippen molar-refractivity contribution in [3.8, 4) is 0 Å². The molecule has 3 heteroatoms. The number of aryl methyl sites for hydroxylation is 1. The van der Waals surface area contributed by atoms with Gasteiger partial charge in [-0.2, -0.15) is 0 Å². The van der Waals surface area contributed by atoms with Gasteiger partial charge in [0, 0.05) is 23.5 Å². The highest BCUT2D eigenvalue weighted by Gasteiger charge is 2.40. The SMILES string of the molecule is CC1(CC2CCC3=C(C=CC4=CCCc5c4n3c3ccncc53)C2)CC1.Cl. The predicted octanol–water partition coefficient (Wildman–Crippen LogP) is 6.56. The molecule has 2 aromatic heterocycles. The third kappa shape index (κ3) is 2.64. The predicted molar refractivity (Wildman–Crippen MR) is 115 cm³/mol. The normalized spacial score (nSPS) is 24.6. The van der Waals surface area contributed by atoms with Crippen molar-refractivity contribution < 1.29 is 0 Å². The lowest BCUT2D eigenvalue weighted by Gasteiger charge is -2.29. The second kappa shape index (κ2) is 6.10. The lowest BCUT2D eigenvalue weighted by molar-refractivity contribution is 0.348. The molecular formula is C24H27ClN2. The van der Waals surface area contributed by atoms with Gasteiger partial charge in [-0.15, -0.1) is 12.4 Å². The van der Waals surface area contributed by atoms with Gasteiger partial charge in [0.15, 0.2) is 0 Å². The van der Waals surface area contributed by atoms with Gasteiger partial charge >= 0.3 is 0 Å². The number of nitrogens with zero attached hydrogens (tertiary/aromatic N) is 2. The van der Waals surface area contributed by atoms with Crippen molar-refractivity contribution in [1.29, 1.82) is 0 Å². The van der Waals surface area contributed by atoms with Crippen LogP contribution in [-0.2, 0) is 6.42 Å². The fourth-order valence-electron chi connectivity index (χ4n) is 5.58. The van der Waals surface area contributed by atoms with Gasteiger partial charge in [-0.25, -0.2) is 0 Å². The third-order valence-electron chi connectivity index (χ3n) is 7.19. The van der Waals surface area contributed by atoms with E-state index in [1.807, 2.05) is 6.20 Å². The van der Waals surface area contributed by atoms with E-state index >= 15 is 0 Å². The molecule has 3 aliphatic carbocycles. The molecule has 0 radical (unpaired) electrons. The Labute approximate surface area is 167 Å². The van der Waals surface area contributed by atoms with Crippen molar-refractivity contribution in [3.63, 3.8) is 0 Å². The largest absolute Gasteiger partial charge is 0.312 e. The summed E-state index contributed by atoms with van der Waals surface area (Å²) in [7, 11) is 0. The second-order valence-corrected chi connectivity index (χ2v) is 9.18. The van der Waals surface area contributed by atoms with Gasteiger partial charge in [0.05, 0.1) is 11.2 Å². The molecule has 2 nitrogen and oxygen atoms in total. The summed E-state index contributed by atoms with van der Waals surface area (Å²) in [5.74, 6) is 0.868. The maximum Gasteiger partial charge on any atom is 0.0567 e. The van der Waals surface area contributed by atoms with Gasteiger partial charge in [0.2, 0.25) is 0 Å². The van der Waals surface area contributed by atoms with Crippen LogP contribution in [0.5, 0.6) is 0 Å². The van der Waals surface area contributed by atoms with Gasteiger partial charge in [-0.1, -0.05) is 25.2 Å². The summed E-state index contributed by atoms with van der Waals surface area (Å²) in [6.45, 7) is 2.49. The molecule has 6 rings (SSSR count). The van der Waals surface area contributed by atoms with E-state index in [2.05, 4.69) is 47.0 Å². The molecule has 1 fully saturated rings. The zero-order chi connectivity index (χ0) is 17.3. The van der Waals surface area contributed by atoms with E-state index in [4.69, 9.17) is 0 Å². The minimum Gasteiger partial charge on any atom is -0.312 e. The molecule has 140 valence electrons. The van der Waals surface area contributed by atoms with Crippen LogP contribution in [-0.4, -0.2) is 9.55 Å². The molecular weight excluding hydrogens is 352 g/mol. The van der Waals surface area contributed by atoms with E-state index in [1.165, 1.54) is 66.3 Å². The molecule has 0 spiro atoms. The number of pyridine rings is 1. The summed E-state index contributed by atoms with van der Waals surface area (Å²) in [6, 6.07) is 2.22. The quantitative estimate of drug-likeness (QED) is 0.578. The zero-order valence-electron chi connectivity index (χ0n) is 16.0. The Kier molecular flexibility index (Phi) is 3.91. The van der Waals surface area contributed by atoms with Gasteiger partial charge in [-0.3, -0.25) is 4.98 Å². The molecule has 1 aliphatic heterocycles. The molecule has 0 saturated heterocycles. The first kappa shape index (κ1) is 17.3. The number of rotatable bonds is 2. The highest BCUT2D eigenvalue weighted by atomic mass is 35.5. The van der Waals surface area contributed by atoms with Crippen LogP contribution < -0.4 is 0 Å². The molecule has 27 heavy (non-hydrogen) atoms. The minimum absolute atomic E-state index is 0. The Morgan fingerprint density at radius 2 is 2.11 bits per heavy atom. The lowest BCUT2D eigenvalue weighted by Crippen LogP contribution is -2.16. The van der Waals surface area contributed by atoms with Crippen molar-refractivity contribution in [2.45, 2.75) is 58.3 Å². The van der Waals surface area contributed by atoms with Crippen molar-refractivity contribution >= 4 is 34.6 Å². The summed E-state index contributed by atoms with van der Waals surface area (Å²) >= 11 is 0. The number of halogens is 1. The van der Waals surface area contributed by atoms with Crippen LogP contribution in [0.4, 0.5) is 0 Å². The monoisotopic (exact) mass is 378 g/mol. The summed E-state index contributed by atoms with van der Waals surface area (Å²) in [4.78, 5) is 4.43. The summed E-state index contributed by atoms with van der Waals surface area (Å²) in [5, 5.41) is 1.36. The number of aromatic nitrogens is 2. The Balaban J connectivity index is 0.00000160. The average molecular weight is 379 g/mol. The number of hydrogen-bond donors (Lipinski definition) is 0. The smallest absolute Gasteiger partial charge is 0.0567 e. The second-order valence-electron chi connectivity index (χ2n) is 9.18. The molecule has 2 aromatic rings. The number of fused-ring (bicyclic) bond motifs is 4. The molecule has 3 heterocycles. The summed E-state index contributed by atoms with van der Waals surface area (Å²) < 4.78 is 2.60. The van der Waals surface area contributed by atoms with Crippen LogP contribution in [0.3, 0.4) is 0 Å². The molecule has 0 N–H and O–H groups in total. The van der Waals surface area contributed by atoms with Crippen LogP contribution >= 0.6 is 12.4 Å². The Morgan fingerprint density at radius 3 is 2.96 bits per heavy atom. The van der Waals surface area contributed by atoms with E-state index in [-0.39, 0.29) is 12.4 Å². The van der Waals surface area contributed by atoms with E-state index in [1.54, 1.807) is 11.3 Å². The van der Waals surface area contributed by atoms with Crippen LogP contribution in [0.15, 0.2) is 42.3 Å². The van der Waals surface area contributed by atoms with E-state index in [9.17, 15) is 0 Å². The van der Waals surface area contributed by atoms with Crippen LogP contribution in [0.2, 0.25) is 0 Å². The lowest BCUT2D eigenvalue weighted by atomic mass is 9.80. The van der Waals surface area contributed by atoms with Crippen molar-refractivity contribution in [1.82, 2.24) is 9.55 Å². The van der Waals surface area contributed by atoms with E-state index in [0.29, 0.717) is 5.41 Å². The van der Waals surface area contributed by atoms with Gasteiger partial charge in [0.25, 0.3) is 0 Å². The topological polar surface area (TPSA) is 17.8 Å². The fourth-order valence-corrected chi connectivity index (χ4v) is 5.58. The molecule has 1 unspecified atom stereocenters. The highest BCUT2D eigenvalue weighted by Crippen LogP contribution is 2.53. The maximum atomic E-state index is 4.43. The van der Waals surface area contributed by atoms with Crippen molar-refractivity contribution in [2.75, 3.05) is 0 Å². The van der Waals surface area contributed by atoms with Crippen LogP contribution in [0.1, 0.15) is 63.1 Å². The first-order valence-corrected chi connectivity index (χ1v) is 10.3. The van der Waals surface area contributed by atoms with E-state index in [0.717, 1.165) is 18.8 Å². The molecule has 0 amide bonds. The summed E-state index contributed by atoms with van der Waals surface area (Å²) in [6.07, 6.45) is 21.7. The molecule has 1 saturated carbocycles. The third-order valence-corrected chi connectivity index (χ3v) is 7.19. The van der Waals surface area contributed by atoms with Crippen LogP contribution in [0.25, 0.3) is 22.2 Å². The Bertz CT molecular complexity index is 1020. The maximum absolute atomic E-state index is 4.43. The first-order chi connectivity index (χ1) is 12.7. The molecule has 0 aromatic carbocycles. The molecule has 4 aliphatic rings. The molecule has 0 bridgehead atoms. The highest BCUT2D eigenvalue weighted by molar-refractivity contribution is 5.96. The van der Waals surface area contributed by atoms with Gasteiger partial charge < -0.3 is 4.57 Å². The van der Waals surface area contributed by atoms with Crippen molar-refractivity contribution in [3.05, 3.63) is 53.5 Å². The minimum atomic E-state index is 0. The van der Waals surface area contributed by atoms with Crippen LogP contribution in [0, 0.1) is 11.3 Å². The fraction of sp³-hybridized carbons (Fsp3) is 0.458. The number of allylic oxidation sites excluding steroid dienone is 6. The van der Waals surface area contributed by atoms with Gasteiger partial charge in [0.1, 0.15) is 0 Å². The standard InChI is InChI=1S/C24H26N2.ClH/c1-24(10-11-24)14-16-5-8-21-18(13-16)7-6-17-3-2-4-19-20-15-25-12-9-22(20)26(21)23(17)19;/h3,6-7,9,12,15-16H,2,4-5,8,10-11,13-14H2,1H3;1H. The summed E-state index contributed by atoms with van der Waals surface area (Å²) in [5.41, 5.74) is 9.54. The first-order valence-electron chi connectivity index (χ1n) is 10.3. The van der Waals surface area contributed by atoms with Gasteiger partial charge in [-0.05, 0) is 85.5 Å². The Morgan fingerprint density at radius 1 is 1.22 bits per heavy atom. The van der Waals surface area contributed by atoms with E-state index < -0.39 is 0 Å². The Hall–Kier alpha value is -1.80. The molecule has 1 atom stereocenters.